The minimum absolute atomic E-state index is 0. The van der Waals surface area contributed by atoms with E-state index in [-0.39, 0.29) is 36.1 Å². The van der Waals surface area contributed by atoms with Crippen LogP contribution in [0.1, 0.15) is 17.0 Å². The third kappa shape index (κ3) is 4.97. The summed E-state index contributed by atoms with van der Waals surface area (Å²) in [4.78, 5) is 5.91. The number of fused-ring (bicyclic) bond motifs is 1. The minimum Gasteiger partial charge on any atom is -0.459 e. The Hall–Kier alpha value is -2.24. The fraction of sp³-hybridized carbons (Fsp3) is 0.333. The number of hydrogen-bond acceptors (Lipinski definition) is 3. The van der Waals surface area contributed by atoms with Gasteiger partial charge in [-0.3, -0.25) is 9.67 Å². The van der Waals surface area contributed by atoms with Crippen LogP contribution in [-0.4, -0.2) is 34.7 Å². The molecule has 3 aromatic rings. The van der Waals surface area contributed by atoms with Crippen molar-refractivity contribution in [2.24, 2.45) is 12.0 Å². The molecule has 0 aliphatic rings. The summed E-state index contributed by atoms with van der Waals surface area (Å²) >= 11 is 0. The summed E-state index contributed by atoms with van der Waals surface area (Å²) < 4.78 is 46.1. The molecular weight excluding hydrogens is 486 g/mol. The number of aliphatic imine (C=N–C) groups is 1. The van der Waals surface area contributed by atoms with Crippen molar-refractivity contribution in [1.29, 1.82) is 0 Å². The molecule has 10 heteroatoms. The maximum absolute atomic E-state index is 13.1. The molecule has 0 amide bonds. The zero-order valence-electron chi connectivity index (χ0n) is 15.6. The van der Waals surface area contributed by atoms with Crippen LogP contribution in [0.4, 0.5) is 13.2 Å². The van der Waals surface area contributed by atoms with Gasteiger partial charge in [0.2, 0.25) is 0 Å². The van der Waals surface area contributed by atoms with Gasteiger partial charge in [-0.2, -0.15) is 18.3 Å². The van der Waals surface area contributed by atoms with Gasteiger partial charge in [0.1, 0.15) is 11.3 Å². The molecule has 0 spiro atoms. The number of nitrogens with one attached hydrogen (secondary N) is 1. The normalized spacial score (nSPS) is 12.1. The fourth-order valence-corrected chi connectivity index (χ4v) is 2.89. The smallest absolute Gasteiger partial charge is 0.435 e. The molecule has 1 aromatic carbocycles. The summed E-state index contributed by atoms with van der Waals surface area (Å²) in [6, 6.07) is 9.59. The molecule has 0 aliphatic carbocycles. The lowest BCUT2D eigenvalue weighted by atomic mass is 10.2. The van der Waals surface area contributed by atoms with Crippen LogP contribution >= 0.6 is 24.0 Å². The lowest BCUT2D eigenvalue weighted by molar-refractivity contribution is -0.142. The summed E-state index contributed by atoms with van der Waals surface area (Å²) in [7, 11) is 4.82. The van der Waals surface area contributed by atoms with Gasteiger partial charge in [0.25, 0.3) is 0 Å². The van der Waals surface area contributed by atoms with Gasteiger partial charge in [-0.25, -0.2) is 0 Å². The van der Waals surface area contributed by atoms with Crippen LogP contribution in [0, 0.1) is 0 Å². The molecule has 2 aromatic heterocycles. The first-order valence-corrected chi connectivity index (χ1v) is 8.27. The SMILES string of the molecule is CN=C(NCc1cn(C)nc1C(F)(F)F)N(C)Cc1cc2ccccc2o1.I. The van der Waals surface area contributed by atoms with Crippen molar-refractivity contribution in [3.05, 3.63) is 53.5 Å². The van der Waals surface area contributed by atoms with E-state index in [1.165, 1.54) is 13.2 Å². The number of guanidine groups is 1. The van der Waals surface area contributed by atoms with Gasteiger partial charge in [0.15, 0.2) is 11.7 Å². The first-order chi connectivity index (χ1) is 12.8. The number of benzene rings is 1. The zero-order chi connectivity index (χ0) is 19.6. The number of halogens is 4. The van der Waals surface area contributed by atoms with Crippen LogP contribution in [0.2, 0.25) is 0 Å². The molecule has 0 fully saturated rings. The standard InChI is InChI=1S/C18H20F3N5O.HI/c1-22-17(23-9-13-10-26(3)24-16(13)18(19,20)21)25(2)11-14-8-12-6-4-5-7-15(12)27-14;/h4-8,10H,9,11H2,1-3H3,(H,22,23);1H. The molecule has 2 heterocycles. The zero-order valence-corrected chi connectivity index (χ0v) is 17.9. The molecular formula is C18H21F3IN5O. The predicted molar refractivity (Wildman–Crippen MR) is 112 cm³/mol. The van der Waals surface area contributed by atoms with Gasteiger partial charge < -0.3 is 14.6 Å². The molecule has 0 atom stereocenters. The Balaban J connectivity index is 0.00000280. The van der Waals surface area contributed by atoms with Crippen LogP contribution in [0.25, 0.3) is 11.0 Å². The molecule has 0 unspecified atom stereocenters. The number of rotatable bonds is 4. The van der Waals surface area contributed by atoms with Gasteiger partial charge in [0, 0.05) is 44.8 Å². The Labute approximate surface area is 177 Å². The predicted octanol–water partition coefficient (Wildman–Crippen LogP) is 4.01. The number of hydrogen-bond donors (Lipinski definition) is 1. The molecule has 3 rings (SSSR count). The molecule has 152 valence electrons. The highest BCUT2D eigenvalue weighted by molar-refractivity contribution is 14.0. The van der Waals surface area contributed by atoms with E-state index in [0.717, 1.165) is 21.4 Å². The van der Waals surface area contributed by atoms with E-state index < -0.39 is 11.9 Å². The lowest BCUT2D eigenvalue weighted by Crippen LogP contribution is -2.38. The second-order valence-corrected chi connectivity index (χ2v) is 6.18. The second kappa shape index (κ2) is 8.84. The van der Waals surface area contributed by atoms with Gasteiger partial charge in [0.05, 0.1) is 6.54 Å². The van der Waals surface area contributed by atoms with Crippen molar-refractivity contribution >= 4 is 40.9 Å². The minimum atomic E-state index is -4.50. The Morgan fingerprint density at radius 3 is 2.68 bits per heavy atom. The summed E-state index contributed by atoms with van der Waals surface area (Å²) in [6.07, 6.45) is -3.15. The average molecular weight is 507 g/mol. The van der Waals surface area contributed by atoms with E-state index in [4.69, 9.17) is 4.42 Å². The highest BCUT2D eigenvalue weighted by atomic mass is 127. The number of furan rings is 1. The Morgan fingerprint density at radius 2 is 2.04 bits per heavy atom. The molecule has 1 N–H and O–H groups in total. The maximum atomic E-state index is 13.1. The van der Waals surface area contributed by atoms with E-state index in [0.29, 0.717) is 12.5 Å². The molecule has 6 nitrogen and oxygen atoms in total. The van der Waals surface area contributed by atoms with Gasteiger partial charge in [-0.1, -0.05) is 18.2 Å². The number of alkyl halides is 3. The summed E-state index contributed by atoms with van der Waals surface area (Å²) in [6.45, 7) is 0.382. The van der Waals surface area contributed by atoms with Crippen LogP contribution < -0.4 is 5.32 Å². The van der Waals surface area contributed by atoms with Crippen LogP contribution in [0.3, 0.4) is 0 Å². The van der Waals surface area contributed by atoms with E-state index >= 15 is 0 Å². The van der Waals surface area contributed by atoms with Crippen LogP contribution in [0.5, 0.6) is 0 Å². The Bertz CT molecular complexity index is 931. The van der Waals surface area contributed by atoms with Crippen molar-refractivity contribution < 1.29 is 17.6 Å². The van der Waals surface area contributed by atoms with Gasteiger partial charge in [-0.15, -0.1) is 24.0 Å². The molecule has 0 saturated carbocycles. The molecule has 28 heavy (non-hydrogen) atoms. The summed E-state index contributed by atoms with van der Waals surface area (Å²) in [5.74, 6) is 1.19. The highest BCUT2D eigenvalue weighted by Gasteiger charge is 2.36. The van der Waals surface area contributed by atoms with Gasteiger partial charge in [-0.05, 0) is 12.1 Å². The summed E-state index contributed by atoms with van der Waals surface area (Å²) in [5, 5.41) is 7.45. The second-order valence-electron chi connectivity index (χ2n) is 6.18. The summed E-state index contributed by atoms with van der Waals surface area (Å²) in [5.41, 5.74) is -0.0507. The monoisotopic (exact) mass is 507 g/mol. The number of nitrogens with zero attached hydrogens (tertiary/aromatic N) is 4. The van der Waals surface area contributed by atoms with E-state index in [9.17, 15) is 13.2 Å². The first-order valence-electron chi connectivity index (χ1n) is 8.27. The highest BCUT2D eigenvalue weighted by Crippen LogP contribution is 2.30. The van der Waals surface area contributed by atoms with E-state index in [1.807, 2.05) is 30.3 Å². The van der Waals surface area contributed by atoms with Gasteiger partial charge >= 0.3 is 6.18 Å². The number of aromatic nitrogens is 2. The van der Waals surface area contributed by atoms with Crippen molar-refractivity contribution in [1.82, 2.24) is 20.0 Å². The maximum Gasteiger partial charge on any atom is 0.435 e. The average Bonchev–Trinajstić information content (AvgIpc) is 3.17. The number of aryl methyl sites for hydroxylation is 1. The third-order valence-electron chi connectivity index (χ3n) is 4.05. The van der Waals surface area contributed by atoms with Crippen LogP contribution in [0.15, 0.2) is 45.9 Å². The van der Waals surface area contributed by atoms with Crippen molar-refractivity contribution in [3.63, 3.8) is 0 Å². The van der Waals surface area contributed by atoms with Crippen molar-refractivity contribution in [3.8, 4) is 0 Å². The largest absolute Gasteiger partial charge is 0.459 e. The first kappa shape index (κ1) is 22.1. The van der Waals surface area contributed by atoms with Crippen LogP contribution in [-0.2, 0) is 26.3 Å². The third-order valence-corrected chi connectivity index (χ3v) is 4.05. The fourth-order valence-electron chi connectivity index (χ4n) is 2.89. The molecule has 0 bridgehead atoms. The van der Waals surface area contributed by atoms with Crippen molar-refractivity contribution in [2.45, 2.75) is 19.3 Å². The van der Waals surface area contributed by atoms with E-state index in [2.05, 4.69) is 15.4 Å². The Kier molecular flexibility index (Phi) is 6.96. The molecule has 0 aliphatic heterocycles. The molecule has 0 radical (unpaired) electrons. The lowest BCUT2D eigenvalue weighted by Gasteiger charge is -2.21. The van der Waals surface area contributed by atoms with Crippen molar-refractivity contribution in [2.75, 3.05) is 14.1 Å². The van der Waals surface area contributed by atoms with E-state index in [1.54, 1.807) is 19.0 Å². The quantitative estimate of drug-likeness (QED) is 0.330. The number of para-hydroxylation sites is 1. The Morgan fingerprint density at radius 1 is 1.32 bits per heavy atom. The molecule has 0 saturated heterocycles. The topological polar surface area (TPSA) is 58.6 Å².